The van der Waals surface area contributed by atoms with E-state index in [9.17, 15) is 9.59 Å². The molecule has 0 bridgehead atoms. The fraction of sp³-hybridized carbons (Fsp3) is 0.300. The lowest BCUT2D eigenvalue weighted by molar-refractivity contribution is 0.0813. The maximum absolute atomic E-state index is 12.6. The van der Waals surface area contributed by atoms with Crippen molar-refractivity contribution in [3.63, 3.8) is 0 Å². The zero-order valence-electron chi connectivity index (χ0n) is 15.7. The number of hydrogen-bond acceptors (Lipinski definition) is 5. The van der Waals surface area contributed by atoms with Crippen molar-refractivity contribution in [3.8, 4) is 11.5 Å². The van der Waals surface area contributed by atoms with Crippen LogP contribution in [0.2, 0.25) is 0 Å². The number of nitrogens with one attached hydrogen (secondary N) is 2. The van der Waals surface area contributed by atoms with E-state index < -0.39 is 0 Å². The molecule has 4 rings (SSSR count). The second kappa shape index (κ2) is 7.30. The molecule has 2 aromatic heterocycles. The van der Waals surface area contributed by atoms with Crippen LogP contribution in [0.15, 0.2) is 47.1 Å². The Balaban J connectivity index is 1.40. The molecule has 28 heavy (non-hydrogen) atoms. The van der Waals surface area contributed by atoms with Gasteiger partial charge < -0.3 is 15.1 Å². The van der Waals surface area contributed by atoms with Gasteiger partial charge in [-0.1, -0.05) is 18.2 Å². The highest BCUT2D eigenvalue weighted by atomic mass is 16.4. The summed E-state index contributed by atoms with van der Waals surface area (Å²) in [4.78, 5) is 29.3. The van der Waals surface area contributed by atoms with Gasteiger partial charge in [-0.25, -0.2) is 4.98 Å². The van der Waals surface area contributed by atoms with Crippen molar-refractivity contribution in [2.45, 2.75) is 31.8 Å². The second-order valence-corrected chi connectivity index (χ2v) is 6.94. The standard InChI is InChI=1S/C20H21N5O3/c1-12-17(28-20(22-12)14-10-21-25(2)11-14)19(27)24-16-9-8-15(16)23-18(26)13-6-4-3-5-7-13/h3-7,10-11,15-16H,8-9H2,1-2H3,(H,23,26)(H,24,27). The molecule has 0 radical (unpaired) electrons. The third-order valence-electron chi connectivity index (χ3n) is 4.90. The molecule has 0 spiro atoms. The van der Waals surface area contributed by atoms with Crippen LogP contribution in [0.3, 0.4) is 0 Å². The van der Waals surface area contributed by atoms with E-state index in [1.165, 1.54) is 0 Å². The Hall–Kier alpha value is -3.42. The first-order valence-corrected chi connectivity index (χ1v) is 9.14. The minimum absolute atomic E-state index is 0.0994. The fourth-order valence-electron chi connectivity index (χ4n) is 3.18. The molecular formula is C20H21N5O3. The second-order valence-electron chi connectivity index (χ2n) is 6.94. The third kappa shape index (κ3) is 3.53. The summed E-state index contributed by atoms with van der Waals surface area (Å²) in [5.74, 6) is 0.0697. The highest BCUT2D eigenvalue weighted by Gasteiger charge is 2.34. The summed E-state index contributed by atoms with van der Waals surface area (Å²) >= 11 is 0. The van der Waals surface area contributed by atoms with Gasteiger partial charge in [0.05, 0.1) is 17.5 Å². The van der Waals surface area contributed by atoms with Gasteiger partial charge in [0.15, 0.2) is 0 Å². The predicted molar refractivity (Wildman–Crippen MR) is 102 cm³/mol. The van der Waals surface area contributed by atoms with Gasteiger partial charge >= 0.3 is 0 Å². The summed E-state index contributed by atoms with van der Waals surface area (Å²) in [6.07, 6.45) is 5.02. The van der Waals surface area contributed by atoms with Crippen LogP contribution in [-0.2, 0) is 7.05 Å². The van der Waals surface area contributed by atoms with E-state index >= 15 is 0 Å². The largest absolute Gasteiger partial charge is 0.431 e. The molecule has 3 aromatic rings. The Bertz CT molecular complexity index is 1010. The number of hydrogen-bond donors (Lipinski definition) is 2. The maximum atomic E-state index is 12.6. The van der Waals surface area contributed by atoms with Crippen molar-refractivity contribution in [3.05, 3.63) is 59.7 Å². The predicted octanol–water partition coefficient (Wildman–Crippen LogP) is 2.07. The van der Waals surface area contributed by atoms with E-state index in [0.717, 1.165) is 12.8 Å². The molecule has 2 unspecified atom stereocenters. The number of aryl methyl sites for hydroxylation is 2. The molecule has 144 valence electrons. The monoisotopic (exact) mass is 379 g/mol. The van der Waals surface area contributed by atoms with Gasteiger partial charge in [-0.15, -0.1) is 0 Å². The smallest absolute Gasteiger partial charge is 0.289 e. The average molecular weight is 379 g/mol. The maximum Gasteiger partial charge on any atom is 0.289 e. The molecule has 2 N–H and O–H groups in total. The molecule has 0 aliphatic heterocycles. The number of oxazole rings is 1. The highest BCUT2D eigenvalue weighted by molar-refractivity contribution is 5.95. The van der Waals surface area contributed by atoms with Crippen molar-refractivity contribution in [2.75, 3.05) is 0 Å². The molecule has 8 nitrogen and oxygen atoms in total. The first kappa shape index (κ1) is 18.0. The SMILES string of the molecule is Cc1nc(-c2cnn(C)c2)oc1C(=O)NC1CCC1NC(=O)c1ccccc1. The molecule has 1 saturated carbocycles. The van der Waals surface area contributed by atoms with Crippen molar-refractivity contribution < 1.29 is 14.0 Å². The van der Waals surface area contributed by atoms with E-state index in [1.807, 2.05) is 18.2 Å². The molecule has 1 aromatic carbocycles. The molecule has 0 saturated heterocycles. The summed E-state index contributed by atoms with van der Waals surface area (Å²) in [7, 11) is 1.80. The molecule has 1 aliphatic rings. The van der Waals surface area contributed by atoms with E-state index in [-0.39, 0.29) is 29.7 Å². The lowest BCUT2D eigenvalue weighted by atomic mass is 9.86. The van der Waals surface area contributed by atoms with E-state index in [4.69, 9.17) is 4.42 Å². The summed E-state index contributed by atoms with van der Waals surface area (Å²) in [6, 6.07) is 8.80. The lowest BCUT2D eigenvalue weighted by Crippen LogP contribution is -2.58. The van der Waals surface area contributed by atoms with Crippen LogP contribution in [0.5, 0.6) is 0 Å². The van der Waals surface area contributed by atoms with E-state index in [0.29, 0.717) is 22.7 Å². The molecule has 2 amide bonds. The molecular weight excluding hydrogens is 358 g/mol. The first-order valence-electron chi connectivity index (χ1n) is 9.14. The van der Waals surface area contributed by atoms with Crippen molar-refractivity contribution >= 4 is 11.8 Å². The van der Waals surface area contributed by atoms with Gasteiger partial charge in [-0.05, 0) is 31.9 Å². The first-order chi connectivity index (χ1) is 13.5. The number of rotatable bonds is 5. The topological polar surface area (TPSA) is 102 Å². The summed E-state index contributed by atoms with van der Waals surface area (Å²) in [5.41, 5.74) is 1.83. The zero-order valence-corrected chi connectivity index (χ0v) is 15.7. The van der Waals surface area contributed by atoms with Gasteiger partial charge in [-0.3, -0.25) is 14.3 Å². The van der Waals surface area contributed by atoms with Crippen LogP contribution in [0.25, 0.3) is 11.5 Å². The average Bonchev–Trinajstić information content (AvgIpc) is 3.29. The van der Waals surface area contributed by atoms with E-state index in [2.05, 4.69) is 20.7 Å². The van der Waals surface area contributed by atoms with Crippen LogP contribution in [-0.4, -0.2) is 38.7 Å². The van der Waals surface area contributed by atoms with Crippen molar-refractivity contribution in [2.24, 2.45) is 7.05 Å². The van der Waals surface area contributed by atoms with Gasteiger partial charge in [-0.2, -0.15) is 5.10 Å². The van der Waals surface area contributed by atoms with Gasteiger partial charge in [0.2, 0.25) is 11.7 Å². The van der Waals surface area contributed by atoms with Crippen LogP contribution in [0.1, 0.15) is 39.4 Å². The normalized spacial score (nSPS) is 18.4. The highest BCUT2D eigenvalue weighted by Crippen LogP contribution is 2.24. The lowest BCUT2D eigenvalue weighted by Gasteiger charge is -2.37. The number of carbonyl (C=O) groups excluding carboxylic acids is 2. The van der Waals surface area contributed by atoms with Crippen LogP contribution >= 0.6 is 0 Å². The molecule has 2 atom stereocenters. The Morgan fingerprint density at radius 1 is 1.11 bits per heavy atom. The molecule has 8 heteroatoms. The number of carbonyl (C=O) groups is 2. The van der Waals surface area contributed by atoms with Gasteiger partial charge in [0, 0.05) is 30.9 Å². The zero-order chi connectivity index (χ0) is 19.7. The minimum atomic E-state index is -0.330. The number of benzene rings is 1. The Morgan fingerprint density at radius 3 is 2.39 bits per heavy atom. The quantitative estimate of drug-likeness (QED) is 0.707. The number of amides is 2. The van der Waals surface area contributed by atoms with Crippen LogP contribution in [0, 0.1) is 6.92 Å². The number of nitrogens with zero attached hydrogens (tertiary/aromatic N) is 3. The van der Waals surface area contributed by atoms with Gasteiger partial charge in [0.25, 0.3) is 11.8 Å². The van der Waals surface area contributed by atoms with Gasteiger partial charge in [0.1, 0.15) is 0 Å². The van der Waals surface area contributed by atoms with Crippen LogP contribution in [0.4, 0.5) is 0 Å². The minimum Gasteiger partial charge on any atom is -0.431 e. The van der Waals surface area contributed by atoms with Crippen LogP contribution < -0.4 is 10.6 Å². The Kier molecular flexibility index (Phi) is 4.68. The fourth-order valence-corrected chi connectivity index (χ4v) is 3.18. The third-order valence-corrected chi connectivity index (χ3v) is 4.90. The Labute approximate surface area is 162 Å². The van der Waals surface area contributed by atoms with Crippen molar-refractivity contribution in [1.29, 1.82) is 0 Å². The van der Waals surface area contributed by atoms with Crippen molar-refractivity contribution in [1.82, 2.24) is 25.4 Å². The molecule has 1 aliphatic carbocycles. The van der Waals surface area contributed by atoms with E-state index in [1.54, 1.807) is 43.2 Å². The Morgan fingerprint density at radius 2 is 1.79 bits per heavy atom. The molecule has 1 fully saturated rings. The summed E-state index contributed by atoms with van der Waals surface area (Å²) < 4.78 is 7.31. The number of aromatic nitrogens is 3. The summed E-state index contributed by atoms with van der Waals surface area (Å²) in [5, 5.41) is 10.0. The molecule has 2 heterocycles. The summed E-state index contributed by atoms with van der Waals surface area (Å²) in [6.45, 7) is 1.73.